The lowest BCUT2D eigenvalue weighted by Crippen LogP contribution is -2.15. The summed E-state index contributed by atoms with van der Waals surface area (Å²) in [4.78, 5) is 6.98. The Bertz CT molecular complexity index is 704. The molecule has 0 unspecified atom stereocenters. The summed E-state index contributed by atoms with van der Waals surface area (Å²) < 4.78 is 0. The quantitative estimate of drug-likeness (QED) is 0.718. The van der Waals surface area contributed by atoms with Gasteiger partial charge >= 0.3 is 0 Å². The molecule has 3 nitrogen and oxygen atoms in total. The molecular weight excluding hydrogens is 278 g/mol. The van der Waals surface area contributed by atoms with E-state index in [2.05, 4.69) is 29.3 Å². The van der Waals surface area contributed by atoms with Crippen LogP contribution in [0.2, 0.25) is 0 Å². The van der Waals surface area contributed by atoms with Crippen molar-refractivity contribution in [2.45, 2.75) is 6.92 Å². The predicted molar refractivity (Wildman–Crippen MR) is 91.1 cm³/mol. The van der Waals surface area contributed by atoms with Crippen LogP contribution in [-0.2, 0) is 0 Å². The molecule has 4 heteroatoms. The van der Waals surface area contributed by atoms with Crippen LogP contribution in [0.1, 0.15) is 6.92 Å². The molecule has 2 aromatic carbocycles. The molecule has 2 N–H and O–H groups in total. The summed E-state index contributed by atoms with van der Waals surface area (Å²) in [6.07, 6.45) is 0. The van der Waals surface area contributed by atoms with Gasteiger partial charge in [0.1, 0.15) is 0 Å². The Labute approximate surface area is 128 Å². The van der Waals surface area contributed by atoms with Gasteiger partial charge in [-0.05, 0) is 31.2 Å². The topological polar surface area (TPSA) is 42.2 Å². The summed E-state index contributed by atoms with van der Waals surface area (Å²) >= 11 is 1.66. The lowest BCUT2D eigenvalue weighted by molar-refractivity contribution is 1.01. The standard InChI is InChI=1S/C17H17N3S/c1-2-20(15-6-4-3-5-7-15)17-19-16(12-21-17)13-8-10-14(18)11-9-13/h3-12H,2,18H2,1H3. The van der Waals surface area contributed by atoms with Crippen molar-refractivity contribution < 1.29 is 0 Å². The van der Waals surface area contributed by atoms with Gasteiger partial charge in [0, 0.05) is 28.9 Å². The predicted octanol–water partition coefficient (Wildman–Crippen LogP) is 4.55. The molecule has 0 aliphatic carbocycles. The van der Waals surface area contributed by atoms with Crippen molar-refractivity contribution in [3.63, 3.8) is 0 Å². The monoisotopic (exact) mass is 295 g/mol. The minimum atomic E-state index is 0.772. The maximum Gasteiger partial charge on any atom is 0.190 e. The van der Waals surface area contributed by atoms with Gasteiger partial charge in [0.15, 0.2) is 5.13 Å². The van der Waals surface area contributed by atoms with E-state index < -0.39 is 0 Å². The Morgan fingerprint density at radius 1 is 1.05 bits per heavy atom. The second-order valence-corrected chi connectivity index (χ2v) is 5.55. The van der Waals surface area contributed by atoms with E-state index in [-0.39, 0.29) is 0 Å². The molecule has 0 radical (unpaired) electrons. The van der Waals surface area contributed by atoms with Crippen molar-refractivity contribution in [3.05, 3.63) is 60.0 Å². The SMILES string of the molecule is CCN(c1ccccc1)c1nc(-c2ccc(N)cc2)cs1. The summed E-state index contributed by atoms with van der Waals surface area (Å²) in [6, 6.07) is 18.2. The number of benzene rings is 2. The molecule has 3 rings (SSSR count). The number of nitrogens with zero attached hydrogens (tertiary/aromatic N) is 2. The van der Waals surface area contributed by atoms with Crippen LogP contribution < -0.4 is 10.6 Å². The number of hydrogen-bond acceptors (Lipinski definition) is 4. The van der Waals surface area contributed by atoms with Crippen LogP contribution >= 0.6 is 11.3 Å². The summed E-state index contributed by atoms with van der Waals surface area (Å²) in [6.45, 7) is 3.02. The molecule has 1 heterocycles. The Morgan fingerprint density at radius 3 is 2.43 bits per heavy atom. The number of rotatable bonds is 4. The van der Waals surface area contributed by atoms with E-state index in [1.807, 2.05) is 42.5 Å². The number of aromatic nitrogens is 1. The van der Waals surface area contributed by atoms with E-state index in [4.69, 9.17) is 10.7 Å². The number of anilines is 3. The molecule has 0 fully saturated rings. The van der Waals surface area contributed by atoms with E-state index in [1.165, 1.54) is 5.69 Å². The third kappa shape index (κ3) is 2.90. The molecule has 0 atom stereocenters. The van der Waals surface area contributed by atoms with Crippen molar-refractivity contribution in [2.24, 2.45) is 0 Å². The molecule has 0 aliphatic rings. The Balaban J connectivity index is 1.92. The van der Waals surface area contributed by atoms with E-state index in [0.717, 1.165) is 28.6 Å². The Kier molecular flexibility index (Phi) is 3.88. The van der Waals surface area contributed by atoms with Crippen molar-refractivity contribution >= 4 is 27.8 Å². The van der Waals surface area contributed by atoms with Crippen molar-refractivity contribution in [3.8, 4) is 11.3 Å². The molecule has 3 aromatic rings. The largest absolute Gasteiger partial charge is 0.399 e. The van der Waals surface area contributed by atoms with Crippen molar-refractivity contribution in [2.75, 3.05) is 17.2 Å². The highest BCUT2D eigenvalue weighted by molar-refractivity contribution is 7.14. The maximum absolute atomic E-state index is 5.73. The Hall–Kier alpha value is -2.33. The van der Waals surface area contributed by atoms with Gasteiger partial charge in [0.05, 0.1) is 5.69 Å². The molecule has 21 heavy (non-hydrogen) atoms. The molecular formula is C17H17N3S. The zero-order valence-corrected chi connectivity index (χ0v) is 12.7. The highest BCUT2D eigenvalue weighted by Gasteiger charge is 2.12. The second kappa shape index (κ2) is 5.97. The smallest absolute Gasteiger partial charge is 0.190 e. The molecule has 106 valence electrons. The average Bonchev–Trinajstić information content (AvgIpc) is 2.99. The summed E-state index contributed by atoms with van der Waals surface area (Å²) in [5.41, 5.74) is 9.75. The normalized spacial score (nSPS) is 10.5. The molecule has 1 aromatic heterocycles. The van der Waals surface area contributed by atoms with Crippen LogP contribution in [0.5, 0.6) is 0 Å². The lowest BCUT2D eigenvalue weighted by atomic mass is 10.1. The van der Waals surface area contributed by atoms with Gasteiger partial charge in [-0.3, -0.25) is 0 Å². The van der Waals surface area contributed by atoms with Crippen LogP contribution in [0.4, 0.5) is 16.5 Å². The summed E-state index contributed by atoms with van der Waals surface area (Å²) in [7, 11) is 0. The van der Waals surface area contributed by atoms with Crippen molar-refractivity contribution in [1.82, 2.24) is 4.98 Å². The van der Waals surface area contributed by atoms with Crippen molar-refractivity contribution in [1.29, 1.82) is 0 Å². The third-order valence-corrected chi connectivity index (χ3v) is 4.18. The number of hydrogen-bond donors (Lipinski definition) is 1. The fourth-order valence-corrected chi connectivity index (χ4v) is 3.13. The highest BCUT2D eigenvalue weighted by atomic mass is 32.1. The van der Waals surface area contributed by atoms with E-state index in [9.17, 15) is 0 Å². The van der Waals surface area contributed by atoms with Crippen LogP contribution in [-0.4, -0.2) is 11.5 Å². The van der Waals surface area contributed by atoms with E-state index in [0.29, 0.717) is 0 Å². The first-order valence-corrected chi connectivity index (χ1v) is 7.80. The second-order valence-electron chi connectivity index (χ2n) is 4.72. The van der Waals surface area contributed by atoms with Crippen LogP contribution in [0.15, 0.2) is 60.0 Å². The molecule has 0 saturated carbocycles. The van der Waals surface area contributed by atoms with Gasteiger partial charge in [-0.15, -0.1) is 11.3 Å². The number of nitrogen functional groups attached to an aromatic ring is 1. The fraction of sp³-hybridized carbons (Fsp3) is 0.118. The molecule has 0 amide bonds. The molecule has 0 bridgehead atoms. The lowest BCUT2D eigenvalue weighted by Gasteiger charge is -2.19. The highest BCUT2D eigenvalue weighted by Crippen LogP contribution is 2.31. The molecule has 0 spiro atoms. The minimum absolute atomic E-state index is 0.772. The summed E-state index contributed by atoms with van der Waals surface area (Å²) in [5, 5.41) is 3.10. The van der Waals surface area contributed by atoms with Gasteiger partial charge in [-0.1, -0.05) is 30.3 Å². The van der Waals surface area contributed by atoms with E-state index in [1.54, 1.807) is 11.3 Å². The summed E-state index contributed by atoms with van der Waals surface area (Å²) in [5.74, 6) is 0. The van der Waals surface area contributed by atoms with Gasteiger partial charge in [-0.25, -0.2) is 4.98 Å². The zero-order chi connectivity index (χ0) is 14.7. The van der Waals surface area contributed by atoms with Crippen LogP contribution in [0.25, 0.3) is 11.3 Å². The van der Waals surface area contributed by atoms with Crippen LogP contribution in [0, 0.1) is 0 Å². The van der Waals surface area contributed by atoms with Gasteiger partial charge in [0.2, 0.25) is 0 Å². The van der Waals surface area contributed by atoms with E-state index >= 15 is 0 Å². The van der Waals surface area contributed by atoms with Gasteiger partial charge in [-0.2, -0.15) is 0 Å². The third-order valence-electron chi connectivity index (χ3n) is 3.31. The maximum atomic E-state index is 5.73. The first-order valence-electron chi connectivity index (χ1n) is 6.92. The first kappa shape index (κ1) is 13.6. The molecule has 0 aliphatic heterocycles. The zero-order valence-electron chi connectivity index (χ0n) is 11.9. The first-order chi connectivity index (χ1) is 10.3. The Morgan fingerprint density at radius 2 is 1.76 bits per heavy atom. The average molecular weight is 295 g/mol. The number of nitrogens with two attached hydrogens (primary N) is 1. The van der Waals surface area contributed by atoms with Crippen LogP contribution in [0.3, 0.4) is 0 Å². The number of thiazole rings is 1. The molecule has 0 saturated heterocycles. The number of para-hydroxylation sites is 1. The van der Waals surface area contributed by atoms with Gasteiger partial charge < -0.3 is 10.6 Å². The fourth-order valence-electron chi connectivity index (χ4n) is 2.21. The van der Waals surface area contributed by atoms with Gasteiger partial charge in [0.25, 0.3) is 0 Å². The minimum Gasteiger partial charge on any atom is -0.399 e.